The van der Waals surface area contributed by atoms with E-state index in [1.165, 1.54) is 19.3 Å². The van der Waals surface area contributed by atoms with Crippen molar-refractivity contribution in [3.05, 3.63) is 11.5 Å². The van der Waals surface area contributed by atoms with Crippen LogP contribution in [-0.2, 0) is 12.4 Å². The highest BCUT2D eigenvalue weighted by molar-refractivity contribution is 6.16. The third-order valence-corrected chi connectivity index (χ3v) is 3.91. The molecule has 1 aliphatic carbocycles. The predicted molar refractivity (Wildman–Crippen MR) is 68.4 cm³/mol. The van der Waals surface area contributed by atoms with Crippen molar-refractivity contribution in [1.29, 1.82) is 0 Å². The van der Waals surface area contributed by atoms with Crippen LogP contribution in [0.2, 0.25) is 0 Å². The van der Waals surface area contributed by atoms with E-state index >= 15 is 0 Å². The Hall–Kier alpha value is -1.03. The van der Waals surface area contributed by atoms with Crippen LogP contribution in [0.25, 0.3) is 11.2 Å². The monoisotopic (exact) mass is 252 g/mol. The molecule has 1 saturated carbocycles. The van der Waals surface area contributed by atoms with Gasteiger partial charge < -0.3 is 4.57 Å². The molecule has 0 aliphatic heterocycles. The third kappa shape index (κ3) is 1.50. The molecule has 92 valence electrons. The maximum Gasteiger partial charge on any atom is 0.159 e. The number of halogens is 1. The molecule has 0 N–H and O–H groups in total. The number of nitrogens with zero attached hydrogens (tertiary/aromatic N) is 4. The molecule has 0 atom stereocenters. The smallest absolute Gasteiger partial charge is 0.159 e. The molecular weight excluding hydrogens is 236 g/mol. The van der Waals surface area contributed by atoms with Gasteiger partial charge in [-0.3, -0.25) is 0 Å². The van der Waals surface area contributed by atoms with Crippen molar-refractivity contribution in [2.45, 2.75) is 51.6 Å². The topological polar surface area (TPSA) is 35.6 Å². The molecule has 0 aromatic carbocycles. The second-order valence-corrected chi connectivity index (χ2v) is 4.96. The van der Waals surface area contributed by atoms with Crippen molar-refractivity contribution in [2.75, 3.05) is 0 Å². The largest absolute Gasteiger partial charge is 0.309 e. The molecule has 0 unspecified atom stereocenters. The molecule has 17 heavy (non-hydrogen) atoms. The fourth-order valence-corrected chi connectivity index (χ4v) is 2.77. The molecule has 0 amide bonds. The predicted octanol–water partition coefficient (Wildman–Crippen LogP) is 3.02. The van der Waals surface area contributed by atoms with Gasteiger partial charge in [-0.05, 0) is 33.1 Å². The molecule has 3 rings (SSSR count). The quantitative estimate of drug-likeness (QED) is 0.788. The van der Waals surface area contributed by atoms with E-state index in [9.17, 15) is 0 Å². The molecule has 2 aromatic heterocycles. The molecular formula is C12H17ClN4. The first kappa shape index (κ1) is 11.1. The van der Waals surface area contributed by atoms with E-state index in [2.05, 4.69) is 21.6 Å². The number of imidazole rings is 1. The van der Waals surface area contributed by atoms with Gasteiger partial charge >= 0.3 is 0 Å². The number of hydrogen-bond acceptors (Lipinski definition) is 2. The molecule has 1 aliphatic rings. The van der Waals surface area contributed by atoms with Crippen molar-refractivity contribution in [3.8, 4) is 0 Å². The van der Waals surface area contributed by atoms with Crippen molar-refractivity contribution in [2.24, 2.45) is 0 Å². The van der Waals surface area contributed by atoms with Crippen LogP contribution in [0.1, 0.15) is 43.7 Å². The van der Waals surface area contributed by atoms with Gasteiger partial charge in [0, 0.05) is 12.6 Å². The fourth-order valence-electron chi connectivity index (χ4n) is 2.58. The normalized spacial score (nSPS) is 16.6. The Balaban J connectivity index is 2.26. The van der Waals surface area contributed by atoms with Gasteiger partial charge in [0.1, 0.15) is 11.3 Å². The van der Waals surface area contributed by atoms with E-state index in [-0.39, 0.29) is 0 Å². The summed E-state index contributed by atoms with van der Waals surface area (Å²) in [5.74, 6) is 1.47. The number of hydrogen-bond donors (Lipinski definition) is 0. The third-order valence-electron chi connectivity index (χ3n) is 3.68. The summed E-state index contributed by atoms with van der Waals surface area (Å²) in [5, 5.41) is 4.54. The summed E-state index contributed by atoms with van der Waals surface area (Å²) in [6.07, 6.45) is 3.79. The highest BCUT2D eigenvalue weighted by Crippen LogP contribution is 2.36. The SMILES string of the molecule is CCn1nc(C)c2nc(CCl)n(C3CCC3)c21. The Morgan fingerprint density at radius 3 is 2.71 bits per heavy atom. The van der Waals surface area contributed by atoms with Crippen LogP contribution in [0.15, 0.2) is 0 Å². The average Bonchev–Trinajstić information content (AvgIpc) is 2.76. The average molecular weight is 253 g/mol. The number of aryl methyl sites for hydroxylation is 2. The molecule has 1 fully saturated rings. The van der Waals surface area contributed by atoms with E-state index in [1.54, 1.807) is 0 Å². The fraction of sp³-hybridized carbons (Fsp3) is 0.667. The number of rotatable bonds is 3. The Kier molecular flexibility index (Phi) is 2.62. The molecule has 2 heterocycles. The van der Waals surface area contributed by atoms with Crippen LogP contribution in [0, 0.1) is 6.92 Å². The minimum Gasteiger partial charge on any atom is -0.309 e. The first-order valence-corrected chi connectivity index (χ1v) is 6.80. The van der Waals surface area contributed by atoms with Crippen LogP contribution >= 0.6 is 11.6 Å². The molecule has 4 nitrogen and oxygen atoms in total. The van der Waals surface area contributed by atoms with Gasteiger partial charge in [-0.25, -0.2) is 9.67 Å². The van der Waals surface area contributed by atoms with Crippen LogP contribution < -0.4 is 0 Å². The van der Waals surface area contributed by atoms with Crippen LogP contribution in [0.5, 0.6) is 0 Å². The van der Waals surface area contributed by atoms with Crippen LogP contribution in [0.3, 0.4) is 0 Å². The van der Waals surface area contributed by atoms with Crippen LogP contribution in [-0.4, -0.2) is 19.3 Å². The summed E-state index contributed by atoms with van der Waals surface area (Å²) in [6.45, 7) is 5.01. The lowest BCUT2D eigenvalue weighted by molar-refractivity contribution is 0.311. The van der Waals surface area contributed by atoms with Crippen LogP contribution in [0.4, 0.5) is 0 Å². The van der Waals surface area contributed by atoms with Crippen molar-refractivity contribution < 1.29 is 0 Å². The molecule has 0 saturated heterocycles. The summed E-state index contributed by atoms with van der Waals surface area (Å²) >= 11 is 6.02. The Labute approximate surface area is 106 Å². The molecule has 2 aromatic rings. The first-order chi connectivity index (χ1) is 8.26. The van der Waals surface area contributed by atoms with Gasteiger partial charge in [-0.1, -0.05) is 0 Å². The minimum absolute atomic E-state index is 0.480. The summed E-state index contributed by atoms with van der Waals surface area (Å²) < 4.78 is 4.36. The Morgan fingerprint density at radius 2 is 2.18 bits per heavy atom. The van der Waals surface area contributed by atoms with Crippen molar-refractivity contribution in [1.82, 2.24) is 19.3 Å². The molecule has 0 radical (unpaired) electrons. The van der Waals surface area contributed by atoms with Gasteiger partial charge in [-0.2, -0.15) is 5.10 Å². The number of aromatic nitrogens is 4. The molecule has 5 heteroatoms. The summed E-state index contributed by atoms with van der Waals surface area (Å²) in [5.41, 5.74) is 3.19. The Bertz CT molecular complexity index is 550. The van der Waals surface area contributed by atoms with Crippen molar-refractivity contribution in [3.63, 3.8) is 0 Å². The highest BCUT2D eigenvalue weighted by Gasteiger charge is 2.27. The first-order valence-electron chi connectivity index (χ1n) is 6.26. The van der Waals surface area contributed by atoms with Gasteiger partial charge in [0.15, 0.2) is 5.65 Å². The number of fused-ring (bicyclic) bond motifs is 1. The zero-order valence-corrected chi connectivity index (χ0v) is 11.0. The lowest BCUT2D eigenvalue weighted by Crippen LogP contribution is -2.20. The molecule has 0 bridgehead atoms. The van der Waals surface area contributed by atoms with Gasteiger partial charge in [-0.15, -0.1) is 11.6 Å². The van der Waals surface area contributed by atoms with Gasteiger partial charge in [0.2, 0.25) is 0 Å². The summed E-state index contributed by atoms with van der Waals surface area (Å²) in [6, 6.07) is 0.579. The van der Waals surface area contributed by atoms with Crippen molar-refractivity contribution >= 4 is 22.8 Å². The van der Waals surface area contributed by atoms with E-state index in [0.29, 0.717) is 11.9 Å². The zero-order valence-electron chi connectivity index (χ0n) is 10.3. The van der Waals surface area contributed by atoms with Gasteiger partial charge in [0.05, 0.1) is 11.6 Å². The zero-order chi connectivity index (χ0) is 12.0. The second kappa shape index (κ2) is 4.02. The van der Waals surface area contributed by atoms with E-state index < -0.39 is 0 Å². The van der Waals surface area contributed by atoms with E-state index in [1.807, 2.05) is 11.6 Å². The second-order valence-electron chi connectivity index (χ2n) is 4.69. The standard InChI is InChI=1S/C12H17ClN4/c1-3-16-12-11(8(2)15-16)14-10(7-13)17(12)9-5-4-6-9/h9H,3-7H2,1-2H3. The number of alkyl halides is 1. The lowest BCUT2D eigenvalue weighted by atomic mass is 9.93. The van der Waals surface area contributed by atoms with E-state index in [4.69, 9.17) is 11.6 Å². The summed E-state index contributed by atoms with van der Waals surface area (Å²) in [7, 11) is 0. The molecule has 0 spiro atoms. The van der Waals surface area contributed by atoms with Gasteiger partial charge in [0.25, 0.3) is 0 Å². The minimum atomic E-state index is 0.480. The lowest BCUT2D eigenvalue weighted by Gasteiger charge is -2.28. The Morgan fingerprint density at radius 1 is 1.41 bits per heavy atom. The van der Waals surface area contributed by atoms with E-state index in [0.717, 1.165) is 29.2 Å². The highest BCUT2D eigenvalue weighted by atomic mass is 35.5. The maximum absolute atomic E-state index is 6.02. The maximum atomic E-state index is 6.02. The summed E-state index contributed by atoms with van der Waals surface area (Å²) in [4.78, 5) is 4.65.